The second-order valence-corrected chi connectivity index (χ2v) is 17.7. The van der Waals surface area contributed by atoms with Gasteiger partial charge in [-0.3, -0.25) is 14.4 Å². The van der Waals surface area contributed by atoms with Crippen LogP contribution < -0.4 is 0 Å². The first-order chi connectivity index (χ1) is 35.0. The number of hydrogen-bond donors (Lipinski definition) is 0. The molecule has 0 rings (SSSR count). The normalized spacial score (nSPS) is 13.3. The van der Waals surface area contributed by atoms with E-state index in [1.165, 1.54) is 0 Å². The molecule has 0 fully saturated rings. The van der Waals surface area contributed by atoms with Crippen LogP contribution in [-0.2, 0) is 28.6 Å². The summed E-state index contributed by atoms with van der Waals surface area (Å²) < 4.78 is 16.7. The summed E-state index contributed by atoms with van der Waals surface area (Å²) in [5.41, 5.74) is 0. The maximum Gasteiger partial charge on any atom is 0.306 e. The van der Waals surface area contributed by atoms with Crippen molar-refractivity contribution in [3.63, 3.8) is 0 Å². The Kier molecular flexibility index (Phi) is 53.6. The van der Waals surface area contributed by atoms with Gasteiger partial charge < -0.3 is 14.2 Å². The minimum atomic E-state index is -0.810. The van der Waals surface area contributed by atoms with Crippen LogP contribution in [0.2, 0.25) is 0 Å². The lowest BCUT2D eigenvalue weighted by molar-refractivity contribution is -0.167. The van der Waals surface area contributed by atoms with Gasteiger partial charge in [-0.25, -0.2) is 0 Å². The summed E-state index contributed by atoms with van der Waals surface area (Å²) in [6.07, 6.45) is 84.1. The standard InChI is InChI=1S/C65H100O6/c1-4-7-10-13-15-17-19-21-23-25-27-29-31-32-34-35-37-39-41-43-45-47-49-52-55-58-64(67)70-61-62(60-69-63(66)57-54-51-12-9-6-3)71-65(68)59-56-53-50-48-46-44-42-40-38-36-33-30-28-26-24-22-20-18-16-14-11-8-5-2/h7-8,10-11,15-18,21-24,27-30,32,34,36-39,42-45,62H,4-6,9,12-14,19-20,25-26,31,33,35,40-41,46-61H2,1-3H3/b10-7-,11-8-,17-15-,18-16-,23-21-,24-22-,29-27-,30-28-,34-32-,38-36-,39-37-,44-42-,45-43-. The number of ether oxygens (including phenoxy) is 3. The van der Waals surface area contributed by atoms with E-state index < -0.39 is 6.10 Å². The summed E-state index contributed by atoms with van der Waals surface area (Å²) in [4.78, 5) is 37.8. The molecule has 0 N–H and O–H groups in total. The van der Waals surface area contributed by atoms with E-state index in [4.69, 9.17) is 14.2 Å². The number of carbonyl (C=O) groups is 3. The third-order valence-corrected chi connectivity index (χ3v) is 11.0. The number of unbranched alkanes of at least 4 members (excludes halogenated alkanes) is 11. The summed E-state index contributed by atoms with van der Waals surface area (Å²) in [5.74, 6) is -0.993. The van der Waals surface area contributed by atoms with Gasteiger partial charge in [0.25, 0.3) is 0 Å². The van der Waals surface area contributed by atoms with Gasteiger partial charge in [0.2, 0.25) is 0 Å². The zero-order valence-electron chi connectivity index (χ0n) is 45.2. The highest BCUT2D eigenvalue weighted by Gasteiger charge is 2.19. The van der Waals surface area contributed by atoms with Crippen LogP contribution in [0.15, 0.2) is 158 Å². The molecule has 0 radical (unpaired) electrons. The van der Waals surface area contributed by atoms with Gasteiger partial charge in [-0.15, -0.1) is 0 Å². The maximum absolute atomic E-state index is 12.8. The largest absolute Gasteiger partial charge is 0.462 e. The molecule has 1 unspecified atom stereocenters. The minimum absolute atomic E-state index is 0.107. The Morgan fingerprint density at radius 2 is 0.549 bits per heavy atom. The van der Waals surface area contributed by atoms with E-state index in [1.807, 2.05) is 0 Å². The molecular weight excluding hydrogens is 877 g/mol. The molecule has 0 bridgehead atoms. The van der Waals surface area contributed by atoms with E-state index in [2.05, 4.69) is 179 Å². The first-order valence-corrected chi connectivity index (χ1v) is 28.0. The van der Waals surface area contributed by atoms with E-state index in [-0.39, 0.29) is 37.5 Å². The summed E-state index contributed by atoms with van der Waals surface area (Å²) in [7, 11) is 0. The zero-order chi connectivity index (χ0) is 51.4. The fourth-order valence-corrected chi connectivity index (χ4v) is 6.89. The number of rotatable bonds is 48. The maximum atomic E-state index is 12.8. The van der Waals surface area contributed by atoms with Crippen LogP contribution in [0.5, 0.6) is 0 Å². The van der Waals surface area contributed by atoms with Gasteiger partial charge in [0.15, 0.2) is 6.10 Å². The van der Waals surface area contributed by atoms with Gasteiger partial charge in [-0.05, 0) is 128 Å². The Hall–Kier alpha value is -4.97. The lowest BCUT2D eigenvalue weighted by Gasteiger charge is -2.18. The first kappa shape index (κ1) is 66.0. The van der Waals surface area contributed by atoms with Gasteiger partial charge in [-0.1, -0.05) is 224 Å². The molecule has 6 nitrogen and oxygen atoms in total. The first-order valence-electron chi connectivity index (χ1n) is 28.0. The summed E-state index contributed by atoms with van der Waals surface area (Å²) in [6, 6.07) is 0. The average Bonchev–Trinajstić information content (AvgIpc) is 3.37. The van der Waals surface area contributed by atoms with E-state index in [9.17, 15) is 14.4 Å². The number of allylic oxidation sites excluding steroid dienone is 26. The minimum Gasteiger partial charge on any atom is -0.462 e. The number of carbonyl (C=O) groups excluding carboxylic acids is 3. The van der Waals surface area contributed by atoms with Crippen molar-refractivity contribution in [2.24, 2.45) is 0 Å². The van der Waals surface area contributed by atoms with Crippen molar-refractivity contribution in [2.75, 3.05) is 13.2 Å². The van der Waals surface area contributed by atoms with E-state index in [0.717, 1.165) is 173 Å². The Balaban J connectivity index is 4.30. The third-order valence-electron chi connectivity index (χ3n) is 11.0. The average molecular weight is 978 g/mol. The fourth-order valence-electron chi connectivity index (χ4n) is 6.89. The molecule has 0 aliphatic carbocycles. The highest BCUT2D eigenvalue weighted by Crippen LogP contribution is 2.12. The molecule has 71 heavy (non-hydrogen) atoms. The van der Waals surface area contributed by atoms with Crippen molar-refractivity contribution in [1.82, 2.24) is 0 Å². The molecule has 396 valence electrons. The summed E-state index contributed by atoms with van der Waals surface area (Å²) in [5, 5.41) is 0. The second kappa shape index (κ2) is 57.6. The quantitative estimate of drug-likeness (QED) is 0.0262. The van der Waals surface area contributed by atoms with Crippen LogP contribution in [-0.4, -0.2) is 37.2 Å². The highest BCUT2D eigenvalue weighted by molar-refractivity contribution is 5.71. The molecule has 0 heterocycles. The van der Waals surface area contributed by atoms with Gasteiger partial charge in [0, 0.05) is 19.3 Å². The molecule has 0 saturated carbocycles. The van der Waals surface area contributed by atoms with Crippen molar-refractivity contribution in [3.05, 3.63) is 158 Å². The lowest BCUT2D eigenvalue weighted by atomic mass is 10.1. The van der Waals surface area contributed by atoms with Crippen LogP contribution in [0, 0.1) is 0 Å². The molecule has 0 aromatic heterocycles. The molecule has 0 spiro atoms. The smallest absolute Gasteiger partial charge is 0.306 e. The zero-order valence-corrected chi connectivity index (χ0v) is 45.2. The van der Waals surface area contributed by atoms with Crippen molar-refractivity contribution >= 4 is 17.9 Å². The Labute approximate surface area is 435 Å². The summed E-state index contributed by atoms with van der Waals surface area (Å²) >= 11 is 0. The predicted octanol–water partition coefficient (Wildman–Crippen LogP) is 19.0. The van der Waals surface area contributed by atoms with Crippen molar-refractivity contribution in [3.8, 4) is 0 Å². The van der Waals surface area contributed by atoms with E-state index in [1.54, 1.807) is 0 Å². The van der Waals surface area contributed by atoms with Crippen LogP contribution in [0.4, 0.5) is 0 Å². The molecule has 6 heteroatoms. The lowest BCUT2D eigenvalue weighted by Crippen LogP contribution is -2.30. The van der Waals surface area contributed by atoms with Crippen molar-refractivity contribution in [2.45, 2.75) is 219 Å². The van der Waals surface area contributed by atoms with Crippen LogP contribution in [0.1, 0.15) is 213 Å². The molecule has 0 saturated heterocycles. The molecule has 0 aliphatic heterocycles. The van der Waals surface area contributed by atoms with Crippen molar-refractivity contribution in [1.29, 1.82) is 0 Å². The third kappa shape index (κ3) is 55.8. The number of esters is 3. The number of hydrogen-bond acceptors (Lipinski definition) is 6. The van der Waals surface area contributed by atoms with Gasteiger partial charge in [-0.2, -0.15) is 0 Å². The Morgan fingerprint density at radius 3 is 0.859 bits per heavy atom. The molecule has 0 amide bonds. The molecule has 0 aromatic rings. The SMILES string of the molecule is CC/C=C\C/C=C\C/C=C\C/C=C\C/C=C\C/C=C\C/C=C\CCCCCC(=O)OCC(COC(=O)CCCCCCC)OC(=O)CCCCCC/C=C\C/C=C\C/C=C\C/C=C\C/C=C\C/C=C\CC. The van der Waals surface area contributed by atoms with Crippen molar-refractivity contribution < 1.29 is 28.6 Å². The fraction of sp³-hybridized carbons (Fsp3) is 0.554. The highest BCUT2D eigenvalue weighted by atomic mass is 16.6. The molecule has 0 aromatic carbocycles. The monoisotopic (exact) mass is 977 g/mol. The molecular formula is C65H100O6. The van der Waals surface area contributed by atoms with Gasteiger partial charge in [0.1, 0.15) is 13.2 Å². The Morgan fingerprint density at radius 1 is 0.296 bits per heavy atom. The van der Waals surface area contributed by atoms with Crippen LogP contribution >= 0.6 is 0 Å². The van der Waals surface area contributed by atoms with E-state index >= 15 is 0 Å². The topological polar surface area (TPSA) is 78.9 Å². The van der Waals surface area contributed by atoms with Gasteiger partial charge >= 0.3 is 17.9 Å². The summed E-state index contributed by atoms with van der Waals surface area (Å²) in [6.45, 7) is 6.25. The van der Waals surface area contributed by atoms with Crippen LogP contribution in [0.3, 0.4) is 0 Å². The van der Waals surface area contributed by atoms with Gasteiger partial charge in [0.05, 0.1) is 0 Å². The second-order valence-electron chi connectivity index (χ2n) is 17.7. The van der Waals surface area contributed by atoms with Crippen LogP contribution in [0.25, 0.3) is 0 Å². The molecule has 1 atom stereocenters. The van der Waals surface area contributed by atoms with E-state index in [0.29, 0.717) is 12.8 Å². The predicted molar refractivity (Wildman–Crippen MR) is 306 cm³/mol. The Bertz CT molecular complexity index is 1640. The molecule has 0 aliphatic rings.